The van der Waals surface area contributed by atoms with Gasteiger partial charge in [0.15, 0.2) is 11.0 Å². The number of rotatable bonds is 9. The first-order chi connectivity index (χ1) is 19.3. The van der Waals surface area contributed by atoms with Crippen LogP contribution in [-0.4, -0.2) is 48.0 Å². The highest BCUT2D eigenvalue weighted by Crippen LogP contribution is 2.34. The van der Waals surface area contributed by atoms with Crippen LogP contribution < -0.4 is 5.32 Å². The standard InChI is InChI=1S/C27H25N7O4S2/c1-17-5-7-18(8-6-17)22-14-21(23-4-3-13-39-23)31-33(22)25(35)16-40-27-30-29-24(32(27)2)15-28-26(36)19-9-11-20(12-10-19)34(37)38/h3-13,22H,14-16H2,1-2H3,(H,28,36)/t22-/m1/s1. The first-order valence-electron chi connectivity index (χ1n) is 12.3. The largest absolute Gasteiger partial charge is 0.345 e. The maximum atomic E-state index is 13.4. The summed E-state index contributed by atoms with van der Waals surface area (Å²) < 4.78 is 1.72. The van der Waals surface area contributed by atoms with E-state index in [9.17, 15) is 19.7 Å². The maximum Gasteiger partial charge on any atom is 0.269 e. The minimum Gasteiger partial charge on any atom is -0.345 e. The van der Waals surface area contributed by atoms with Crippen LogP contribution in [-0.2, 0) is 18.4 Å². The van der Waals surface area contributed by atoms with Crippen LogP contribution in [0, 0.1) is 17.0 Å². The predicted octanol–water partition coefficient (Wildman–Crippen LogP) is 4.49. The fraction of sp³-hybridized carbons (Fsp3) is 0.222. The number of benzene rings is 2. The fourth-order valence-electron chi connectivity index (χ4n) is 4.19. The Kier molecular flexibility index (Phi) is 8.03. The fourth-order valence-corrected chi connectivity index (χ4v) is 5.70. The Hall–Kier alpha value is -4.36. The zero-order valence-electron chi connectivity index (χ0n) is 21.7. The Labute approximate surface area is 238 Å². The molecule has 0 aliphatic carbocycles. The molecule has 0 radical (unpaired) electrons. The molecule has 1 aliphatic heterocycles. The number of hydrogen-bond acceptors (Lipinski definition) is 9. The molecule has 5 rings (SSSR count). The van der Waals surface area contributed by atoms with Crippen molar-refractivity contribution in [2.24, 2.45) is 12.1 Å². The highest BCUT2D eigenvalue weighted by molar-refractivity contribution is 7.99. The molecule has 0 saturated heterocycles. The quantitative estimate of drug-likeness (QED) is 0.176. The summed E-state index contributed by atoms with van der Waals surface area (Å²) in [4.78, 5) is 37.2. The number of aryl methyl sites for hydroxylation is 1. The van der Waals surface area contributed by atoms with Gasteiger partial charge in [-0.25, -0.2) is 5.01 Å². The summed E-state index contributed by atoms with van der Waals surface area (Å²) >= 11 is 2.85. The van der Waals surface area contributed by atoms with E-state index in [2.05, 4.69) is 15.5 Å². The molecule has 3 heterocycles. The van der Waals surface area contributed by atoms with Crippen LogP contribution in [0.4, 0.5) is 5.69 Å². The number of nitro benzene ring substituents is 1. The third-order valence-electron chi connectivity index (χ3n) is 6.43. The molecule has 204 valence electrons. The van der Waals surface area contributed by atoms with Crippen LogP contribution in [0.25, 0.3) is 0 Å². The van der Waals surface area contributed by atoms with E-state index in [1.54, 1.807) is 28.0 Å². The lowest BCUT2D eigenvalue weighted by molar-refractivity contribution is -0.384. The monoisotopic (exact) mass is 575 g/mol. The van der Waals surface area contributed by atoms with Crippen LogP contribution in [0.2, 0.25) is 0 Å². The number of nitrogens with one attached hydrogen (secondary N) is 1. The van der Waals surface area contributed by atoms with Gasteiger partial charge in [-0.15, -0.1) is 21.5 Å². The number of nitro groups is 1. The number of hydrazone groups is 1. The zero-order chi connectivity index (χ0) is 28.2. The van der Waals surface area contributed by atoms with Crippen molar-refractivity contribution < 1.29 is 14.5 Å². The topological polar surface area (TPSA) is 136 Å². The first-order valence-corrected chi connectivity index (χ1v) is 14.2. The van der Waals surface area contributed by atoms with Gasteiger partial charge < -0.3 is 9.88 Å². The normalized spacial score (nSPS) is 14.7. The van der Waals surface area contributed by atoms with Gasteiger partial charge in [0.1, 0.15) is 0 Å². The second-order valence-electron chi connectivity index (χ2n) is 9.13. The second-order valence-corrected chi connectivity index (χ2v) is 11.0. The summed E-state index contributed by atoms with van der Waals surface area (Å²) in [5, 5.41) is 30.7. The van der Waals surface area contributed by atoms with Crippen molar-refractivity contribution in [1.29, 1.82) is 0 Å². The Morgan fingerprint density at radius 3 is 2.55 bits per heavy atom. The van der Waals surface area contributed by atoms with Gasteiger partial charge in [-0.1, -0.05) is 47.7 Å². The van der Waals surface area contributed by atoms with Crippen LogP contribution in [0.15, 0.2) is 76.3 Å². The lowest BCUT2D eigenvalue weighted by Crippen LogP contribution is -2.28. The van der Waals surface area contributed by atoms with Gasteiger partial charge in [0, 0.05) is 31.2 Å². The number of amides is 2. The van der Waals surface area contributed by atoms with E-state index in [0.29, 0.717) is 23.0 Å². The Morgan fingerprint density at radius 1 is 1.12 bits per heavy atom. The van der Waals surface area contributed by atoms with Gasteiger partial charge >= 0.3 is 0 Å². The van der Waals surface area contributed by atoms with Gasteiger partial charge in [-0.2, -0.15) is 5.10 Å². The molecule has 2 amide bonds. The number of thiophene rings is 1. The SMILES string of the molecule is Cc1ccc([C@H]2CC(c3cccs3)=NN2C(=O)CSc2nnc(CNC(=O)c3ccc([N+](=O)[O-])cc3)n2C)cc1. The van der Waals surface area contributed by atoms with E-state index in [-0.39, 0.29) is 29.9 Å². The average Bonchev–Trinajstić information content (AvgIpc) is 3.71. The van der Waals surface area contributed by atoms with Crippen LogP contribution in [0.3, 0.4) is 0 Å². The van der Waals surface area contributed by atoms with Crippen LogP contribution in [0.1, 0.15) is 44.6 Å². The van der Waals surface area contributed by atoms with Crippen molar-refractivity contribution in [2.75, 3.05) is 5.75 Å². The van der Waals surface area contributed by atoms with Crippen molar-refractivity contribution in [3.05, 3.63) is 104 Å². The Balaban J connectivity index is 1.22. The molecule has 4 aromatic rings. The molecule has 40 heavy (non-hydrogen) atoms. The van der Waals surface area contributed by atoms with Crippen molar-refractivity contribution in [3.63, 3.8) is 0 Å². The van der Waals surface area contributed by atoms with Crippen molar-refractivity contribution in [3.8, 4) is 0 Å². The highest BCUT2D eigenvalue weighted by Gasteiger charge is 2.33. The number of thioether (sulfide) groups is 1. The molecular weight excluding hydrogens is 550 g/mol. The predicted molar refractivity (Wildman–Crippen MR) is 152 cm³/mol. The lowest BCUT2D eigenvalue weighted by atomic mass is 10.00. The summed E-state index contributed by atoms with van der Waals surface area (Å²) in [6, 6.07) is 17.3. The van der Waals surface area contributed by atoms with Crippen molar-refractivity contribution >= 4 is 46.3 Å². The van der Waals surface area contributed by atoms with Crippen LogP contribution >= 0.6 is 23.1 Å². The summed E-state index contributed by atoms with van der Waals surface area (Å²) in [6.45, 7) is 2.13. The molecule has 0 unspecified atom stereocenters. The summed E-state index contributed by atoms with van der Waals surface area (Å²) in [5.74, 6) is 0.0861. The van der Waals surface area contributed by atoms with Gasteiger partial charge in [0.25, 0.3) is 17.5 Å². The van der Waals surface area contributed by atoms with E-state index in [0.717, 1.165) is 21.7 Å². The summed E-state index contributed by atoms with van der Waals surface area (Å²) in [7, 11) is 1.76. The van der Waals surface area contributed by atoms with Crippen molar-refractivity contribution in [1.82, 2.24) is 25.1 Å². The highest BCUT2D eigenvalue weighted by atomic mass is 32.2. The smallest absolute Gasteiger partial charge is 0.269 e. The first kappa shape index (κ1) is 27.2. The molecule has 13 heteroatoms. The number of carbonyl (C=O) groups excluding carboxylic acids is 2. The second kappa shape index (κ2) is 11.8. The van der Waals surface area contributed by atoms with Crippen LogP contribution in [0.5, 0.6) is 0 Å². The molecule has 0 saturated carbocycles. The molecule has 2 aromatic heterocycles. The molecule has 0 bridgehead atoms. The van der Waals surface area contributed by atoms with E-state index in [4.69, 9.17) is 5.10 Å². The average molecular weight is 576 g/mol. The minimum absolute atomic E-state index is 0.0892. The molecule has 1 N–H and O–H groups in total. The minimum atomic E-state index is -0.521. The molecule has 2 aromatic carbocycles. The van der Waals surface area contributed by atoms with E-state index >= 15 is 0 Å². The number of non-ortho nitro benzene ring substituents is 1. The van der Waals surface area contributed by atoms with Gasteiger partial charge in [-0.3, -0.25) is 19.7 Å². The van der Waals surface area contributed by atoms with E-state index in [1.807, 2.05) is 48.7 Å². The Bertz CT molecular complexity index is 1570. The number of hydrogen-bond donors (Lipinski definition) is 1. The summed E-state index contributed by atoms with van der Waals surface area (Å²) in [6.07, 6.45) is 0.641. The molecule has 1 aliphatic rings. The van der Waals surface area contributed by atoms with E-state index in [1.165, 1.54) is 36.0 Å². The van der Waals surface area contributed by atoms with Gasteiger partial charge in [0.05, 0.1) is 33.9 Å². The van der Waals surface area contributed by atoms with Gasteiger partial charge in [0.2, 0.25) is 0 Å². The number of carbonyl (C=O) groups is 2. The summed E-state index contributed by atoms with van der Waals surface area (Å²) in [5.41, 5.74) is 3.28. The molecule has 11 nitrogen and oxygen atoms in total. The molecule has 0 spiro atoms. The molecule has 0 fully saturated rings. The molecular formula is C27H25N7O4S2. The maximum absolute atomic E-state index is 13.4. The molecule has 1 atom stereocenters. The van der Waals surface area contributed by atoms with E-state index < -0.39 is 10.8 Å². The third kappa shape index (κ3) is 5.95. The zero-order valence-corrected chi connectivity index (χ0v) is 23.3. The third-order valence-corrected chi connectivity index (χ3v) is 8.35. The Morgan fingerprint density at radius 2 is 1.88 bits per heavy atom. The number of aromatic nitrogens is 3. The van der Waals surface area contributed by atoms with Crippen molar-refractivity contribution in [2.45, 2.75) is 31.1 Å². The lowest BCUT2D eigenvalue weighted by Gasteiger charge is -2.22. The number of nitrogens with zero attached hydrogens (tertiary/aromatic N) is 6. The van der Waals surface area contributed by atoms with Gasteiger partial charge in [-0.05, 0) is 36.1 Å².